The fourth-order valence-electron chi connectivity index (χ4n) is 1.31. The number of rotatable bonds is 3. The van der Waals surface area contributed by atoms with Gasteiger partial charge < -0.3 is 15.6 Å². The maximum atomic E-state index is 9.16. The number of aliphatic hydroxyl groups is 1. The first-order chi connectivity index (χ1) is 5.73. The van der Waals surface area contributed by atoms with Crippen LogP contribution in [-0.2, 0) is 4.74 Å². The average Bonchev–Trinajstić information content (AvgIpc) is 2.18. The van der Waals surface area contributed by atoms with Crippen LogP contribution in [0.1, 0.15) is 19.8 Å². The summed E-state index contributed by atoms with van der Waals surface area (Å²) in [5, 5.41) is 9.16. The van der Waals surface area contributed by atoms with Gasteiger partial charge in [-0.1, -0.05) is 6.92 Å². The van der Waals surface area contributed by atoms with Crippen LogP contribution in [0.3, 0.4) is 0 Å². The Bertz CT molecular complexity index is 173. The van der Waals surface area contributed by atoms with Gasteiger partial charge in [-0.25, -0.2) is 0 Å². The normalized spacial score (nSPS) is 22.4. The molecule has 0 saturated heterocycles. The fourth-order valence-corrected chi connectivity index (χ4v) is 1.31. The molecule has 0 spiro atoms. The van der Waals surface area contributed by atoms with Gasteiger partial charge in [0.2, 0.25) is 0 Å². The summed E-state index contributed by atoms with van der Waals surface area (Å²) in [6.45, 7) is 3.32. The van der Waals surface area contributed by atoms with Gasteiger partial charge in [-0.3, -0.25) is 0 Å². The lowest BCUT2D eigenvalue weighted by atomic mass is 9.81. The maximum absolute atomic E-state index is 9.16. The van der Waals surface area contributed by atoms with Crippen molar-refractivity contribution in [3.8, 4) is 0 Å². The first-order valence-corrected chi connectivity index (χ1v) is 4.35. The van der Waals surface area contributed by atoms with Crippen LogP contribution in [0.5, 0.6) is 0 Å². The van der Waals surface area contributed by atoms with Gasteiger partial charge >= 0.3 is 0 Å². The highest BCUT2D eigenvalue weighted by atomic mass is 16.5. The smallest absolute Gasteiger partial charge is 0.0876 e. The Morgan fingerprint density at radius 2 is 2.50 bits per heavy atom. The molecule has 3 heteroatoms. The van der Waals surface area contributed by atoms with Gasteiger partial charge in [-0.15, -0.1) is 0 Å². The summed E-state index contributed by atoms with van der Waals surface area (Å²) in [5.41, 5.74) is 6.45. The zero-order chi connectivity index (χ0) is 9.03. The molecule has 3 N–H and O–H groups in total. The van der Waals surface area contributed by atoms with Gasteiger partial charge in [0, 0.05) is 12.0 Å². The minimum atomic E-state index is -0.277. The lowest BCUT2D eigenvalue weighted by Gasteiger charge is -2.30. The zero-order valence-electron chi connectivity index (χ0n) is 7.55. The lowest BCUT2D eigenvalue weighted by Crippen LogP contribution is -2.34. The fraction of sp³-hybridized carbons (Fsp3) is 0.778. The van der Waals surface area contributed by atoms with Crippen LogP contribution in [0.4, 0.5) is 0 Å². The molecule has 12 heavy (non-hydrogen) atoms. The number of aliphatic hydroxyl groups excluding tert-OH is 1. The van der Waals surface area contributed by atoms with Gasteiger partial charge in [0.1, 0.15) is 0 Å². The molecule has 3 nitrogen and oxygen atoms in total. The Labute approximate surface area is 73.2 Å². The van der Waals surface area contributed by atoms with E-state index >= 15 is 0 Å². The number of ether oxygens (including phenoxy) is 1. The van der Waals surface area contributed by atoms with Crippen LogP contribution in [0.25, 0.3) is 0 Å². The van der Waals surface area contributed by atoms with Crippen LogP contribution in [0, 0.1) is 5.41 Å². The molecule has 1 unspecified atom stereocenters. The van der Waals surface area contributed by atoms with E-state index in [1.54, 1.807) is 6.26 Å². The van der Waals surface area contributed by atoms with Crippen molar-refractivity contribution in [2.45, 2.75) is 19.8 Å². The van der Waals surface area contributed by atoms with E-state index in [0.29, 0.717) is 6.54 Å². The third-order valence-electron chi connectivity index (χ3n) is 2.51. The Balaban J connectivity index is 2.70. The highest BCUT2D eigenvalue weighted by molar-refractivity contribution is 5.13. The second kappa shape index (κ2) is 3.92. The topological polar surface area (TPSA) is 55.5 Å². The van der Waals surface area contributed by atoms with Crippen molar-refractivity contribution in [2.75, 3.05) is 19.8 Å². The molecule has 1 heterocycles. The second-order valence-corrected chi connectivity index (χ2v) is 3.54. The zero-order valence-corrected chi connectivity index (χ0v) is 7.55. The van der Waals surface area contributed by atoms with Gasteiger partial charge in [0.25, 0.3) is 0 Å². The third kappa shape index (κ3) is 1.79. The molecule has 1 aliphatic heterocycles. The van der Waals surface area contributed by atoms with Crippen LogP contribution < -0.4 is 5.73 Å². The predicted molar refractivity (Wildman–Crippen MR) is 47.5 cm³/mol. The summed E-state index contributed by atoms with van der Waals surface area (Å²) in [6.07, 6.45) is 3.78. The van der Waals surface area contributed by atoms with Crippen molar-refractivity contribution in [1.29, 1.82) is 0 Å². The molecule has 0 fully saturated rings. The Hall–Kier alpha value is -0.540. The van der Waals surface area contributed by atoms with E-state index in [2.05, 4.69) is 0 Å². The summed E-state index contributed by atoms with van der Waals surface area (Å²) in [7, 11) is 0. The molecule has 0 bridgehead atoms. The SMILES string of the molecule is CC(CN)(CO)C1=COCCC1. The van der Waals surface area contributed by atoms with Crippen LogP contribution >= 0.6 is 0 Å². The van der Waals surface area contributed by atoms with Crippen molar-refractivity contribution in [1.82, 2.24) is 0 Å². The molecule has 0 aromatic rings. The van der Waals surface area contributed by atoms with Gasteiger partial charge in [0.05, 0.1) is 19.5 Å². The van der Waals surface area contributed by atoms with E-state index < -0.39 is 0 Å². The van der Waals surface area contributed by atoms with Gasteiger partial charge in [-0.05, 0) is 18.4 Å². The highest BCUT2D eigenvalue weighted by Crippen LogP contribution is 2.30. The molecule has 0 saturated carbocycles. The van der Waals surface area contributed by atoms with E-state index in [-0.39, 0.29) is 12.0 Å². The standard InChI is InChI=1S/C9H17NO2/c1-9(6-10,7-11)8-3-2-4-12-5-8/h5,11H,2-4,6-7,10H2,1H3. The molecule has 1 atom stereocenters. The summed E-state index contributed by atoms with van der Waals surface area (Å²) < 4.78 is 5.20. The lowest BCUT2D eigenvalue weighted by molar-refractivity contribution is 0.151. The maximum Gasteiger partial charge on any atom is 0.0876 e. The Morgan fingerprint density at radius 1 is 1.75 bits per heavy atom. The van der Waals surface area contributed by atoms with Crippen molar-refractivity contribution >= 4 is 0 Å². The molecule has 0 amide bonds. The van der Waals surface area contributed by atoms with Crippen LogP contribution in [0.2, 0.25) is 0 Å². The van der Waals surface area contributed by atoms with E-state index in [0.717, 1.165) is 25.0 Å². The van der Waals surface area contributed by atoms with Crippen molar-refractivity contribution < 1.29 is 9.84 Å². The molecular weight excluding hydrogens is 154 g/mol. The molecular formula is C9H17NO2. The molecule has 0 aromatic heterocycles. The second-order valence-electron chi connectivity index (χ2n) is 3.54. The van der Waals surface area contributed by atoms with Crippen LogP contribution in [0.15, 0.2) is 11.8 Å². The molecule has 0 radical (unpaired) electrons. The Morgan fingerprint density at radius 3 is 2.92 bits per heavy atom. The highest BCUT2D eigenvalue weighted by Gasteiger charge is 2.27. The molecule has 1 rings (SSSR count). The summed E-state index contributed by atoms with van der Waals surface area (Å²) >= 11 is 0. The van der Waals surface area contributed by atoms with Crippen molar-refractivity contribution in [3.63, 3.8) is 0 Å². The summed E-state index contributed by atoms with van der Waals surface area (Å²) in [6, 6.07) is 0. The largest absolute Gasteiger partial charge is 0.501 e. The first kappa shape index (κ1) is 9.55. The van der Waals surface area contributed by atoms with Gasteiger partial charge in [0.15, 0.2) is 0 Å². The van der Waals surface area contributed by atoms with E-state index in [4.69, 9.17) is 15.6 Å². The molecule has 1 aliphatic rings. The minimum Gasteiger partial charge on any atom is -0.501 e. The van der Waals surface area contributed by atoms with E-state index in [1.807, 2.05) is 6.92 Å². The third-order valence-corrected chi connectivity index (χ3v) is 2.51. The molecule has 0 aliphatic carbocycles. The van der Waals surface area contributed by atoms with Crippen molar-refractivity contribution in [2.24, 2.45) is 11.1 Å². The monoisotopic (exact) mass is 171 g/mol. The summed E-state index contributed by atoms with van der Waals surface area (Å²) in [4.78, 5) is 0. The molecule has 0 aromatic carbocycles. The summed E-state index contributed by atoms with van der Waals surface area (Å²) in [5.74, 6) is 0. The van der Waals surface area contributed by atoms with Crippen LogP contribution in [-0.4, -0.2) is 24.9 Å². The average molecular weight is 171 g/mol. The van der Waals surface area contributed by atoms with E-state index in [1.165, 1.54) is 0 Å². The number of hydrogen-bond donors (Lipinski definition) is 2. The number of hydrogen-bond acceptors (Lipinski definition) is 3. The first-order valence-electron chi connectivity index (χ1n) is 4.35. The number of nitrogens with two attached hydrogens (primary N) is 1. The Kier molecular flexibility index (Phi) is 3.12. The van der Waals surface area contributed by atoms with Crippen molar-refractivity contribution in [3.05, 3.63) is 11.8 Å². The van der Waals surface area contributed by atoms with Gasteiger partial charge in [-0.2, -0.15) is 0 Å². The quantitative estimate of drug-likeness (QED) is 0.655. The molecule has 70 valence electrons. The minimum absolute atomic E-state index is 0.0959. The predicted octanol–water partition coefficient (Wildman–Crippen LogP) is 0.638. The van der Waals surface area contributed by atoms with E-state index in [9.17, 15) is 0 Å².